The number of hydrogen-bond donors (Lipinski definition) is 2. The molecule has 0 bridgehead atoms. The Balaban J connectivity index is 2.21. The molecule has 0 saturated heterocycles. The van der Waals surface area contributed by atoms with Gasteiger partial charge in [-0.3, -0.25) is 14.2 Å². The fourth-order valence-electron chi connectivity index (χ4n) is 2.93. The van der Waals surface area contributed by atoms with Crippen LogP contribution in [0.1, 0.15) is 21.6 Å². The quantitative estimate of drug-likeness (QED) is 0.707. The van der Waals surface area contributed by atoms with Crippen molar-refractivity contribution >= 4 is 38.6 Å². The molecule has 5 nitrogen and oxygen atoms in total. The van der Waals surface area contributed by atoms with E-state index in [2.05, 4.69) is 21.2 Å². The molecule has 0 aliphatic heterocycles. The van der Waals surface area contributed by atoms with Crippen LogP contribution in [0, 0.1) is 6.92 Å². The molecule has 0 aliphatic rings. The number of likely N-dealkylation sites (N-methyl/N-ethyl adjacent to an activating group) is 1. The second kappa shape index (κ2) is 6.72. The first-order valence-corrected chi connectivity index (χ1v) is 8.55. The molecule has 25 heavy (non-hydrogen) atoms. The van der Waals surface area contributed by atoms with Gasteiger partial charge in [-0.2, -0.15) is 0 Å². The molecule has 1 aromatic heterocycles. The number of carbonyl (C=O) groups is 2. The van der Waals surface area contributed by atoms with E-state index in [4.69, 9.17) is 0 Å². The molecule has 1 heterocycles. The number of nitrogens with one attached hydrogen (secondary N) is 1. The number of hydrogen-bond acceptors (Lipinski definition) is 3. The third-order valence-corrected chi connectivity index (χ3v) is 4.76. The second-order valence-corrected chi connectivity index (χ2v) is 6.68. The zero-order valence-electron chi connectivity index (χ0n) is 13.8. The number of phenolic OH excluding ortho intramolecular Hbond substituents is 1. The number of carbonyl (C=O) groups excluding carboxylic acids is 2. The molecule has 2 aromatic carbocycles. The topological polar surface area (TPSA) is 71.3 Å². The Morgan fingerprint density at radius 2 is 1.84 bits per heavy atom. The molecule has 0 unspecified atom stereocenters. The minimum Gasteiger partial charge on any atom is -0.508 e. The van der Waals surface area contributed by atoms with Gasteiger partial charge < -0.3 is 10.4 Å². The average Bonchev–Trinajstić information content (AvgIpc) is 2.86. The van der Waals surface area contributed by atoms with E-state index in [1.165, 1.54) is 6.07 Å². The van der Waals surface area contributed by atoms with Gasteiger partial charge in [-0.05, 0) is 55.0 Å². The standard InChI is InChI=1S/C19H17BrN2O3/c1-11-15(10-18(24)21-2)16-9-14(23)7-8-17(16)22(11)19(25)12-3-5-13(20)6-4-12/h3-9,23H,10H2,1-2H3,(H,21,24). The van der Waals surface area contributed by atoms with Crippen molar-refractivity contribution in [2.45, 2.75) is 13.3 Å². The summed E-state index contributed by atoms with van der Waals surface area (Å²) in [5.41, 5.74) is 2.64. The van der Waals surface area contributed by atoms with Crippen LogP contribution in [0.15, 0.2) is 46.9 Å². The Kier molecular flexibility index (Phi) is 4.63. The lowest BCUT2D eigenvalue weighted by Crippen LogP contribution is -2.20. The lowest BCUT2D eigenvalue weighted by molar-refractivity contribution is -0.119. The monoisotopic (exact) mass is 400 g/mol. The van der Waals surface area contributed by atoms with E-state index < -0.39 is 0 Å². The average molecular weight is 401 g/mol. The molecule has 2 N–H and O–H groups in total. The van der Waals surface area contributed by atoms with Gasteiger partial charge in [-0.25, -0.2) is 0 Å². The van der Waals surface area contributed by atoms with Crippen molar-refractivity contribution in [3.05, 3.63) is 63.8 Å². The number of amides is 1. The summed E-state index contributed by atoms with van der Waals surface area (Å²) in [6.45, 7) is 1.81. The van der Waals surface area contributed by atoms with E-state index in [0.29, 0.717) is 22.2 Å². The largest absolute Gasteiger partial charge is 0.508 e. The number of aromatic nitrogens is 1. The van der Waals surface area contributed by atoms with Crippen molar-refractivity contribution in [2.24, 2.45) is 0 Å². The van der Waals surface area contributed by atoms with Gasteiger partial charge in [0.1, 0.15) is 5.75 Å². The minimum absolute atomic E-state index is 0.0962. The van der Waals surface area contributed by atoms with Gasteiger partial charge in [0.05, 0.1) is 11.9 Å². The molecular weight excluding hydrogens is 384 g/mol. The van der Waals surface area contributed by atoms with Gasteiger partial charge in [0.15, 0.2) is 0 Å². The lowest BCUT2D eigenvalue weighted by atomic mass is 10.1. The molecule has 0 fully saturated rings. The highest BCUT2D eigenvalue weighted by molar-refractivity contribution is 9.10. The summed E-state index contributed by atoms with van der Waals surface area (Å²) in [5, 5.41) is 13.1. The third-order valence-electron chi connectivity index (χ3n) is 4.23. The molecule has 128 valence electrons. The molecule has 0 atom stereocenters. The number of fused-ring (bicyclic) bond motifs is 1. The second-order valence-electron chi connectivity index (χ2n) is 5.76. The van der Waals surface area contributed by atoms with E-state index in [0.717, 1.165) is 10.0 Å². The van der Waals surface area contributed by atoms with Crippen LogP contribution in [0.2, 0.25) is 0 Å². The van der Waals surface area contributed by atoms with E-state index in [1.54, 1.807) is 35.9 Å². The Morgan fingerprint density at radius 3 is 2.48 bits per heavy atom. The van der Waals surface area contributed by atoms with Crippen LogP contribution in [0.25, 0.3) is 10.9 Å². The number of benzene rings is 2. The Labute approximate surface area is 153 Å². The first kappa shape index (κ1) is 17.2. The lowest BCUT2D eigenvalue weighted by Gasteiger charge is -2.08. The van der Waals surface area contributed by atoms with Gasteiger partial charge in [-0.1, -0.05) is 15.9 Å². The molecule has 0 radical (unpaired) electrons. The van der Waals surface area contributed by atoms with Gasteiger partial charge in [0, 0.05) is 28.2 Å². The zero-order valence-corrected chi connectivity index (χ0v) is 15.4. The molecule has 0 spiro atoms. The molecule has 0 saturated carbocycles. The van der Waals surface area contributed by atoms with Gasteiger partial charge in [0.2, 0.25) is 5.91 Å². The van der Waals surface area contributed by atoms with Crippen molar-refractivity contribution in [2.75, 3.05) is 7.05 Å². The zero-order chi connectivity index (χ0) is 18.1. The van der Waals surface area contributed by atoms with E-state index >= 15 is 0 Å². The molecule has 6 heteroatoms. The summed E-state index contributed by atoms with van der Waals surface area (Å²) in [6, 6.07) is 11.9. The van der Waals surface area contributed by atoms with E-state index in [9.17, 15) is 14.7 Å². The highest BCUT2D eigenvalue weighted by Gasteiger charge is 2.21. The molecule has 3 aromatic rings. The minimum atomic E-state index is -0.177. The van der Waals surface area contributed by atoms with Crippen molar-refractivity contribution < 1.29 is 14.7 Å². The van der Waals surface area contributed by atoms with Crippen molar-refractivity contribution in [1.29, 1.82) is 0 Å². The van der Waals surface area contributed by atoms with Crippen molar-refractivity contribution in [1.82, 2.24) is 9.88 Å². The Hall–Kier alpha value is -2.60. The summed E-state index contributed by atoms with van der Waals surface area (Å²) in [6.07, 6.45) is 0.142. The predicted molar refractivity (Wildman–Crippen MR) is 100.0 cm³/mol. The first-order valence-electron chi connectivity index (χ1n) is 7.76. The van der Waals surface area contributed by atoms with Crippen LogP contribution in [0.3, 0.4) is 0 Å². The van der Waals surface area contributed by atoms with Crippen molar-refractivity contribution in [3.8, 4) is 5.75 Å². The maximum Gasteiger partial charge on any atom is 0.262 e. The number of aromatic hydroxyl groups is 1. The van der Waals surface area contributed by atoms with Crippen LogP contribution in [0.4, 0.5) is 0 Å². The Bertz CT molecular complexity index is 974. The number of nitrogens with zero attached hydrogens (tertiary/aromatic N) is 1. The number of rotatable bonds is 3. The summed E-state index contributed by atoms with van der Waals surface area (Å²) >= 11 is 3.36. The maximum absolute atomic E-state index is 13.0. The third kappa shape index (κ3) is 3.17. The van der Waals surface area contributed by atoms with Gasteiger partial charge >= 0.3 is 0 Å². The maximum atomic E-state index is 13.0. The SMILES string of the molecule is CNC(=O)Cc1c(C)n(C(=O)c2ccc(Br)cc2)c2ccc(O)cc12. The Morgan fingerprint density at radius 1 is 1.16 bits per heavy atom. The molecule has 0 aliphatic carbocycles. The smallest absolute Gasteiger partial charge is 0.262 e. The summed E-state index contributed by atoms with van der Waals surface area (Å²) in [5.74, 6) is -0.232. The molecular formula is C19H17BrN2O3. The van der Waals surface area contributed by atoms with Crippen molar-refractivity contribution in [3.63, 3.8) is 0 Å². The highest BCUT2D eigenvalue weighted by atomic mass is 79.9. The van der Waals surface area contributed by atoms with E-state index in [-0.39, 0.29) is 24.0 Å². The molecule has 1 amide bonds. The van der Waals surface area contributed by atoms with Crippen LogP contribution in [-0.4, -0.2) is 28.5 Å². The van der Waals surface area contributed by atoms with Crippen LogP contribution in [0.5, 0.6) is 5.75 Å². The van der Waals surface area contributed by atoms with E-state index in [1.807, 2.05) is 19.1 Å². The predicted octanol–water partition coefficient (Wildman–Crippen LogP) is 3.39. The van der Waals surface area contributed by atoms with Crippen LogP contribution >= 0.6 is 15.9 Å². The van der Waals surface area contributed by atoms with Gasteiger partial charge in [0.25, 0.3) is 5.91 Å². The van der Waals surface area contributed by atoms with Crippen LogP contribution in [-0.2, 0) is 11.2 Å². The first-order chi connectivity index (χ1) is 11.9. The number of phenols is 1. The number of halogens is 1. The fourth-order valence-corrected chi connectivity index (χ4v) is 3.19. The normalized spacial score (nSPS) is 10.8. The van der Waals surface area contributed by atoms with Gasteiger partial charge in [-0.15, -0.1) is 0 Å². The summed E-state index contributed by atoms with van der Waals surface area (Å²) in [4.78, 5) is 24.9. The van der Waals surface area contributed by atoms with Crippen LogP contribution < -0.4 is 5.32 Å². The summed E-state index contributed by atoms with van der Waals surface area (Å²) < 4.78 is 2.49. The molecule has 3 rings (SSSR count). The summed E-state index contributed by atoms with van der Waals surface area (Å²) in [7, 11) is 1.57. The highest BCUT2D eigenvalue weighted by Crippen LogP contribution is 2.30. The fraction of sp³-hybridized carbons (Fsp3) is 0.158.